The fourth-order valence-corrected chi connectivity index (χ4v) is 1.52. The van der Waals surface area contributed by atoms with Crippen molar-refractivity contribution in [3.8, 4) is 5.75 Å². The van der Waals surface area contributed by atoms with E-state index in [2.05, 4.69) is 10.3 Å². The van der Waals surface area contributed by atoms with Crippen LogP contribution in [0.25, 0.3) is 0 Å². The summed E-state index contributed by atoms with van der Waals surface area (Å²) in [5.74, 6) is 0.0164. The van der Waals surface area contributed by atoms with Crippen LogP contribution >= 0.6 is 0 Å². The molecule has 19 heavy (non-hydrogen) atoms. The molecule has 0 radical (unpaired) electrons. The smallest absolute Gasteiger partial charge is 0.340 e. The average molecular weight is 262 g/mol. The topological polar surface area (TPSA) is 92.3 Å². The van der Waals surface area contributed by atoms with Gasteiger partial charge in [-0.05, 0) is 18.2 Å². The lowest BCUT2D eigenvalue weighted by atomic mass is 10.2. The summed E-state index contributed by atoms with van der Waals surface area (Å²) < 4.78 is 11.7. The summed E-state index contributed by atoms with van der Waals surface area (Å²) in [4.78, 5) is 11.9. The van der Waals surface area contributed by atoms with Crippen molar-refractivity contribution < 1.29 is 14.3 Å². The van der Waals surface area contributed by atoms with Crippen LogP contribution < -0.4 is 10.5 Å². The zero-order valence-corrected chi connectivity index (χ0v) is 10.7. The van der Waals surface area contributed by atoms with E-state index in [1.165, 1.54) is 17.9 Å². The molecule has 0 aliphatic heterocycles. The van der Waals surface area contributed by atoms with Crippen LogP contribution in [0.15, 0.2) is 24.4 Å². The van der Waals surface area contributed by atoms with E-state index in [0.717, 1.165) is 0 Å². The Bertz CT molecular complexity index is 594. The molecular weight excluding hydrogens is 248 g/mol. The van der Waals surface area contributed by atoms with Gasteiger partial charge < -0.3 is 15.2 Å². The van der Waals surface area contributed by atoms with Crippen LogP contribution in [-0.4, -0.2) is 28.1 Å². The number of aryl methyl sites for hydroxylation is 1. The molecule has 0 spiro atoms. The molecule has 0 atom stereocenters. The molecule has 0 aliphatic carbocycles. The molecule has 2 rings (SSSR count). The first kappa shape index (κ1) is 12.9. The minimum Gasteiger partial charge on any atom is -0.497 e. The van der Waals surface area contributed by atoms with Crippen molar-refractivity contribution in [3.05, 3.63) is 35.7 Å². The van der Waals surface area contributed by atoms with E-state index in [0.29, 0.717) is 17.1 Å². The first-order valence-corrected chi connectivity index (χ1v) is 5.56. The maximum absolute atomic E-state index is 11.9. The quantitative estimate of drug-likeness (QED) is 0.646. The molecule has 1 heterocycles. The van der Waals surface area contributed by atoms with Crippen LogP contribution in [0, 0.1) is 0 Å². The number of ether oxygens (including phenoxy) is 2. The molecule has 2 aromatic rings. The summed E-state index contributed by atoms with van der Waals surface area (Å²) in [5, 5.41) is 7.56. The fourth-order valence-electron chi connectivity index (χ4n) is 1.52. The van der Waals surface area contributed by atoms with Gasteiger partial charge in [-0.25, -0.2) is 4.79 Å². The average Bonchev–Trinajstić information content (AvgIpc) is 2.82. The Morgan fingerprint density at radius 1 is 1.47 bits per heavy atom. The molecule has 2 N–H and O–H groups in total. The number of rotatable bonds is 4. The number of hydrogen-bond acceptors (Lipinski definition) is 6. The highest BCUT2D eigenvalue weighted by Gasteiger charge is 2.13. The maximum atomic E-state index is 11.9. The Kier molecular flexibility index (Phi) is 3.65. The fraction of sp³-hybridized carbons (Fsp3) is 0.250. The number of hydrogen-bond donors (Lipinski definition) is 1. The number of carbonyl (C=O) groups excluding carboxylic acids is 1. The van der Waals surface area contributed by atoms with E-state index in [1.54, 1.807) is 25.4 Å². The molecule has 0 saturated heterocycles. The molecule has 7 nitrogen and oxygen atoms in total. The van der Waals surface area contributed by atoms with E-state index in [1.807, 2.05) is 0 Å². The highest BCUT2D eigenvalue weighted by Crippen LogP contribution is 2.20. The summed E-state index contributed by atoms with van der Waals surface area (Å²) in [5.41, 5.74) is 6.90. The van der Waals surface area contributed by atoms with Crippen LogP contribution in [-0.2, 0) is 18.4 Å². The molecule has 0 aliphatic rings. The molecule has 1 aromatic heterocycles. The predicted molar refractivity (Wildman–Crippen MR) is 67.5 cm³/mol. The van der Waals surface area contributed by atoms with Crippen molar-refractivity contribution in [2.24, 2.45) is 7.05 Å². The minimum absolute atomic E-state index is 0.0450. The van der Waals surface area contributed by atoms with E-state index in [4.69, 9.17) is 15.2 Å². The van der Waals surface area contributed by atoms with Gasteiger partial charge in [-0.3, -0.25) is 4.68 Å². The number of nitrogens with two attached hydrogens (primary N) is 1. The van der Waals surface area contributed by atoms with Crippen molar-refractivity contribution in [1.82, 2.24) is 15.0 Å². The molecular formula is C12H14N4O3. The number of carbonyl (C=O) groups is 1. The first-order chi connectivity index (χ1) is 9.10. The highest BCUT2D eigenvalue weighted by molar-refractivity contribution is 5.95. The Labute approximate surface area is 109 Å². The van der Waals surface area contributed by atoms with Gasteiger partial charge in [0.2, 0.25) is 0 Å². The largest absolute Gasteiger partial charge is 0.497 e. The van der Waals surface area contributed by atoms with Crippen molar-refractivity contribution >= 4 is 11.7 Å². The summed E-state index contributed by atoms with van der Waals surface area (Å²) in [6, 6.07) is 4.81. The number of aromatic nitrogens is 3. The Balaban J connectivity index is 2.07. The number of nitrogen functional groups attached to an aromatic ring is 1. The lowest BCUT2D eigenvalue weighted by Gasteiger charge is -2.07. The highest BCUT2D eigenvalue weighted by atomic mass is 16.5. The van der Waals surface area contributed by atoms with E-state index >= 15 is 0 Å². The summed E-state index contributed by atoms with van der Waals surface area (Å²) in [6.45, 7) is 0.0450. The van der Waals surface area contributed by atoms with Gasteiger partial charge in [0.1, 0.15) is 18.1 Å². The number of benzene rings is 1. The van der Waals surface area contributed by atoms with Crippen molar-refractivity contribution in [3.63, 3.8) is 0 Å². The number of nitrogens with zero attached hydrogens (tertiary/aromatic N) is 3. The van der Waals surface area contributed by atoms with Crippen molar-refractivity contribution in [1.29, 1.82) is 0 Å². The third kappa shape index (κ3) is 3.01. The molecule has 7 heteroatoms. The standard InChI is InChI=1S/C12H14N4O3/c1-16-6-8(14-15-16)7-19-12(17)10-5-9(18-2)3-4-11(10)13/h3-6H,7,13H2,1-2H3. The van der Waals surface area contributed by atoms with E-state index < -0.39 is 5.97 Å². The molecule has 0 unspecified atom stereocenters. The van der Waals surface area contributed by atoms with Crippen LogP contribution in [0.5, 0.6) is 5.75 Å². The van der Waals surface area contributed by atoms with Crippen LogP contribution in [0.3, 0.4) is 0 Å². The van der Waals surface area contributed by atoms with Gasteiger partial charge in [-0.1, -0.05) is 5.21 Å². The number of esters is 1. The second-order valence-electron chi connectivity index (χ2n) is 3.91. The second-order valence-corrected chi connectivity index (χ2v) is 3.91. The van der Waals surface area contributed by atoms with E-state index in [9.17, 15) is 4.79 Å². The normalized spacial score (nSPS) is 10.2. The van der Waals surface area contributed by atoms with Crippen molar-refractivity contribution in [2.75, 3.05) is 12.8 Å². The molecule has 0 amide bonds. The maximum Gasteiger partial charge on any atom is 0.340 e. The number of anilines is 1. The molecule has 0 bridgehead atoms. The van der Waals surface area contributed by atoms with Crippen LogP contribution in [0.2, 0.25) is 0 Å². The molecule has 100 valence electrons. The van der Waals surface area contributed by atoms with E-state index in [-0.39, 0.29) is 12.2 Å². The lowest BCUT2D eigenvalue weighted by molar-refractivity contribution is 0.0468. The van der Waals surface area contributed by atoms with Gasteiger partial charge in [0.15, 0.2) is 0 Å². The second kappa shape index (κ2) is 5.38. The number of methoxy groups -OCH3 is 1. The van der Waals surface area contributed by atoms with Gasteiger partial charge in [-0.2, -0.15) is 0 Å². The van der Waals surface area contributed by atoms with Gasteiger partial charge in [-0.15, -0.1) is 5.10 Å². The van der Waals surface area contributed by atoms with Gasteiger partial charge in [0.25, 0.3) is 0 Å². The van der Waals surface area contributed by atoms with Crippen LogP contribution in [0.4, 0.5) is 5.69 Å². The Morgan fingerprint density at radius 3 is 2.89 bits per heavy atom. The zero-order chi connectivity index (χ0) is 13.8. The Hall–Kier alpha value is -2.57. The third-order valence-electron chi connectivity index (χ3n) is 2.48. The van der Waals surface area contributed by atoms with Crippen LogP contribution in [0.1, 0.15) is 16.1 Å². The third-order valence-corrected chi connectivity index (χ3v) is 2.48. The summed E-state index contributed by atoms with van der Waals surface area (Å²) >= 11 is 0. The monoisotopic (exact) mass is 262 g/mol. The first-order valence-electron chi connectivity index (χ1n) is 5.56. The Morgan fingerprint density at radius 2 is 2.26 bits per heavy atom. The minimum atomic E-state index is -0.526. The van der Waals surface area contributed by atoms with Gasteiger partial charge >= 0.3 is 5.97 Å². The molecule has 1 aromatic carbocycles. The van der Waals surface area contributed by atoms with Gasteiger partial charge in [0.05, 0.1) is 18.9 Å². The SMILES string of the molecule is COc1ccc(N)c(C(=O)OCc2cn(C)nn2)c1. The van der Waals surface area contributed by atoms with Crippen molar-refractivity contribution in [2.45, 2.75) is 6.61 Å². The van der Waals surface area contributed by atoms with Gasteiger partial charge in [0, 0.05) is 12.7 Å². The summed E-state index contributed by atoms with van der Waals surface area (Å²) in [7, 11) is 3.25. The molecule has 0 saturated carbocycles. The lowest BCUT2D eigenvalue weighted by Crippen LogP contribution is -2.08. The molecule has 0 fully saturated rings. The summed E-state index contributed by atoms with van der Waals surface area (Å²) in [6.07, 6.45) is 1.67. The predicted octanol–water partition coefficient (Wildman–Crippen LogP) is 0.763. The zero-order valence-electron chi connectivity index (χ0n) is 10.7.